The summed E-state index contributed by atoms with van der Waals surface area (Å²) in [5.74, 6) is 0.188. The van der Waals surface area contributed by atoms with E-state index in [1.807, 2.05) is 26.0 Å². The van der Waals surface area contributed by atoms with Crippen molar-refractivity contribution in [3.63, 3.8) is 0 Å². The maximum Gasteiger partial charge on any atom is 0.0950 e. The van der Waals surface area contributed by atoms with E-state index in [-0.39, 0.29) is 5.84 Å². The van der Waals surface area contributed by atoms with Crippen molar-refractivity contribution in [2.24, 2.45) is 5.73 Å². The van der Waals surface area contributed by atoms with Gasteiger partial charge in [-0.1, -0.05) is 11.6 Å². The first-order chi connectivity index (χ1) is 6.00. The predicted molar refractivity (Wildman–Crippen MR) is 56.5 cm³/mol. The number of benzene rings is 1. The SMILES string of the molecule is Cc1cc(Cl)cc(C)c1CC(=N)N. The van der Waals surface area contributed by atoms with Crippen molar-refractivity contribution >= 4 is 17.4 Å². The second-order valence-corrected chi connectivity index (χ2v) is 3.66. The van der Waals surface area contributed by atoms with Crippen LogP contribution in [0.4, 0.5) is 0 Å². The molecule has 0 saturated carbocycles. The lowest BCUT2D eigenvalue weighted by atomic mass is 10.00. The van der Waals surface area contributed by atoms with Gasteiger partial charge < -0.3 is 5.73 Å². The van der Waals surface area contributed by atoms with Gasteiger partial charge in [-0.05, 0) is 42.7 Å². The van der Waals surface area contributed by atoms with E-state index in [0.717, 1.165) is 21.7 Å². The van der Waals surface area contributed by atoms with Crippen LogP contribution in [0.15, 0.2) is 12.1 Å². The standard InChI is InChI=1S/C10H13ClN2/c1-6-3-8(11)4-7(2)9(6)5-10(12)13/h3-4H,5H2,1-2H3,(H3,12,13). The third kappa shape index (κ3) is 2.46. The third-order valence-corrected chi connectivity index (χ3v) is 2.25. The first kappa shape index (κ1) is 10.1. The summed E-state index contributed by atoms with van der Waals surface area (Å²) in [6.07, 6.45) is 0.509. The molecule has 1 aromatic carbocycles. The molecule has 3 N–H and O–H groups in total. The second-order valence-electron chi connectivity index (χ2n) is 3.22. The Labute approximate surface area is 83.2 Å². The first-order valence-corrected chi connectivity index (χ1v) is 4.47. The van der Waals surface area contributed by atoms with Crippen LogP contribution in [0.1, 0.15) is 16.7 Å². The highest BCUT2D eigenvalue weighted by molar-refractivity contribution is 6.30. The fourth-order valence-corrected chi connectivity index (χ4v) is 1.74. The monoisotopic (exact) mass is 196 g/mol. The molecule has 3 heteroatoms. The van der Waals surface area contributed by atoms with Crippen LogP contribution < -0.4 is 5.73 Å². The average Bonchev–Trinajstić information content (AvgIpc) is 1.96. The molecule has 0 amide bonds. The Morgan fingerprint density at radius 3 is 2.23 bits per heavy atom. The Bertz CT molecular complexity index is 322. The molecule has 0 heterocycles. The lowest BCUT2D eigenvalue weighted by molar-refractivity contribution is 1.17. The van der Waals surface area contributed by atoms with Gasteiger partial charge in [0.2, 0.25) is 0 Å². The number of amidine groups is 1. The Kier molecular flexibility index (Phi) is 2.94. The maximum absolute atomic E-state index is 7.22. The number of nitrogens with one attached hydrogen (secondary N) is 1. The van der Waals surface area contributed by atoms with Crippen LogP contribution in [0, 0.1) is 19.3 Å². The molecular weight excluding hydrogens is 184 g/mol. The molecule has 0 saturated heterocycles. The van der Waals surface area contributed by atoms with Crippen molar-refractivity contribution in [1.82, 2.24) is 0 Å². The van der Waals surface area contributed by atoms with E-state index in [4.69, 9.17) is 22.7 Å². The number of halogens is 1. The van der Waals surface area contributed by atoms with Crippen LogP contribution in [-0.4, -0.2) is 5.84 Å². The number of nitrogens with two attached hydrogens (primary N) is 1. The highest BCUT2D eigenvalue weighted by Gasteiger charge is 2.05. The lowest BCUT2D eigenvalue weighted by Crippen LogP contribution is -2.14. The highest BCUT2D eigenvalue weighted by Crippen LogP contribution is 2.20. The lowest BCUT2D eigenvalue weighted by Gasteiger charge is -2.09. The van der Waals surface area contributed by atoms with E-state index in [2.05, 4.69) is 0 Å². The zero-order valence-corrected chi connectivity index (χ0v) is 8.57. The number of hydrogen-bond acceptors (Lipinski definition) is 1. The van der Waals surface area contributed by atoms with E-state index in [1.165, 1.54) is 0 Å². The summed E-state index contributed by atoms with van der Waals surface area (Å²) in [6, 6.07) is 3.79. The summed E-state index contributed by atoms with van der Waals surface area (Å²) >= 11 is 5.87. The van der Waals surface area contributed by atoms with Gasteiger partial charge in [-0.15, -0.1) is 0 Å². The topological polar surface area (TPSA) is 49.9 Å². The van der Waals surface area contributed by atoms with Gasteiger partial charge in [0.15, 0.2) is 0 Å². The molecule has 70 valence electrons. The van der Waals surface area contributed by atoms with Gasteiger partial charge in [0.1, 0.15) is 0 Å². The largest absolute Gasteiger partial charge is 0.387 e. The van der Waals surface area contributed by atoms with Crippen molar-refractivity contribution in [2.75, 3.05) is 0 Å². The van der Waals surface area contributed by atoms with Gasteiger partial charge in [-0.25, -0.2) is 0 Å². The Morgan fingerprint density at radius 1 is 1.38 bits per heavy atom. The fourth-order valence-electron chi connectivity index (χ4n) is 1.41. The van der Waals surface area contributed by atoms with Gasteiger partial charge in [0.25, 0.3) is 0 Å². The molecule has 2 nitrogen and oxygen atoms in total. The number of hydrogen-bond donors (Lipinski definition) is 2. The molecular formula is C10H13ClN2. The van der Waals surface area contributed by atoms with E-state index < -0.39 is 0 Å². The summed E-state index contributed by atoms with van der Waals surface area (Å²) in [6.45, 7) is 3.97. The molecule has 0 aliphatic rings. The molecule has 1 aromatic rings. The molecule has 0 spiro atoms. The smallest absolute Gasteiger partial charge is 0.0950 e. The van der Waals surface area contributed by atoms with Crippen LogP contribution >= 0.6 is 11.6 Å². The Morgan fingerprint density at radius 2 is 1.85 bits per heavy atom. The maximum atomic E-state index is 7.22. The van der Waals surface area contributed by atoms with Crippen molar-refractivity contribution < 1.29 is 0 Å². The van der Waals surface area contributed by atoms with E-state index in [0.29, 0.717) is 6.42 Å². The number of rotatable bonds is 2. The van der Waals surface area contributed by atoms with Crippen LogP contribution in [-0.2, 0) is 6.42 Å². The summed E-state index contributed by atoms with van der Waals surface area (Å²) in [7, 11) is 0. The van der Waals surface area contributed by atoms with Crippen LogP contribution in [0.2, 0.25) is 5.02 Å². The quantitative estimate of drug-likeness (QED) is 0.554. The third-order valence-electron chi connectivity index (χ3n) is 2.03. The molecule has 0 atom stereocenters. The molecule has 0 aliphatic heterocycles. The van der Waals surface area contributed by atoms with Crippen LogP contribution in [0.25, 0.3) is 0 Å². The predicted octanol–water partition coefficient (Wildman–Crippen LogP) is 2.44. The van der Waals surface area contributed by atoms with Gasteiger partial charge in [0.05, 0.1) is 5.84 Å². The molecule has 0 radical (unpaired) electrons. The molecule has 0 unspecified atom stereocenters. The van der Waals surface area contributed by atoms with E-state index >= 15 is 0 Å². The summed E-state index contributed by atoms with van der Waals surface area (Å²) in [5, 5.41) is 7.96. The second kappa shape index (κ2) is 3.79. The zero-order chi connectivity index (χ0) is 10.0. The minimum Gasteiger partial charge on any atom is -0.387 e. The normalized spacial score (nSPS) is 10.1. The van der Waals surface area contributed by atoms with Gasteiger partial charge in [-0.3, -0.25) is 5.41 Å². The molecule has 0 fully saturated rings. The van der Waals surface area contributed by atoms with Gasteiger partial charge in [0, 0.05) is 11.4 Å². The Balaban J connectivity index is 3.13. The van der Waals surface area contributed by atoms with Crippen molar-refractivity contribution in [3.05, 3.63) is 33.8 Å². The zero-order valence-electron chi connectivity index (χ0n) is 7.82. The molecule has 0 aliphatic carbocycles. The summed E-state index contributed by atoms with van der Waals surface area (Å²) < 4.78 is 0. The van der Waals surface area contributed by atoms with Crippen LogP contribution in [0.5, 0.6) is 0 Å². The minimum atomic E-state index is 0.188. The molecule has 0 aromatic heterocycles. The minimum absolute atomic E-state index is 0.188. The molecule has 13 heavy (non-hydrogen) atoms. The molecule has 1 rings (SSSR count). The average molecular weight is 197 g/mol. The summed E-state index contributed by atoms with van der Waals surface area (Å²) in [4.78, 5) is 0. The van der Waals surface area contributed by atoms with Gasteiger partial charge in [-0.2, -0.15) is 0 Å². The number of aryl methyl sites for hydroxylation is 2. The van der Waals surface area contributed by atoms with Crippen molar-refractivity contribution in [3.8, 4) is 0 Å². The molecule has 0 bridgehead atoms. The van der Waals surface area contributed by atoms with E-state index in [1.54, 1.807) is 0 Å². The van der Waals surface area contributed by atoms with Crippen molar-refractivity contribution in [2.45, 2.75) is 20.3 Å². The van der Waals surface area contributed by atoms with E-state index in [9.17, 15) is 0 Å². The fraction of sp³-hybridized carbons (Fsp3) is 0.300. The van der Waals surface area contributed by atoms with Gasteiger partial charge >= 0.3 is 0 Å². The summed E-state index contributed by atoms with van der Waals surface area (Å²) in [5.41, 5.74) is 8.65. The Hall–Kier alpha value is -1.02. The first-order valence-electron chi connectivity index (χ1n) is 4.09. The van der Waals surface area contributed by atoms with Crippen LogP contribution in [0.3, 0.4) is 0 Å². The van der Waals surface area contributed by atoms with Crippen molar-refractivity contribution in [1.29, 1.82) is 5.41 Å². The highest BCUT2D eigenvalue weighted by atomic mass is 35.5.